The minimum absolute atomic E-state index is 0.0179. The average molecular weight is 363 g/mol. The summed E-state index contributed by atoms with van der Waals surface area (Å²) in [4.78, 5) is 18.6. The van der Waals surface area contributed by atoms with Crippen LogP contribution in [0, 0.1) is 21.7 Å². The van der Waals surface area contributed by atoms with Gasteiger partial charge in [0.05, 0.1) is 15.6 Å². The Morgan fingerprint density at radius 1 is 1.12 bits per heavy atom. The zero-order valence-corrected chi connectivity index (χ0v) is 13.2. The first-order valence-electron chi connectivity index (χ1n) is 6.93. The fraction of sp³-hybridized carbons (Fsp3) is 0. The molecule has 25 heavy (non-hydrogen) atoms. The van der Waals surface area contributed by atoms with Crippen molar-refractivity contribution in [2.24, 2.45) is 0 Å². The van der Waals surface area contributed by atoms with Crippen molar-refractivity contribution >= 4 is 28.8 Å². The highest BCUT2D eigenvalue weighted by Gasteiger charge is 2.25. The lowest BCUT2D eigenvalue weighted by Gasteiger charge is -2.10. The van der Waals surface area contributed by atoms with Gasteiger partial charge in [0.25, 0.3) is 0 Å². The van der Waals surface area contributed by atoms with Crippen molar-refractivity contribution in [3.05, 3.63) is 75.6 Å². The van der Waals surface area contributed by atoms with Crippen LogP contribution < -0.4 is 5.32 Å². The van der Waals surface area contributed by atoms with Crippen LogP contribution in [0.1, 0.15) is 0 Å². The first-order chi connectivity index (χ1) is 12.0. The molecule has 0 bridgehead atoms. The van der Waals surface area contributed by atoms with Crippen molar-refractivity contribution in [3.63, 3.8) is 0 Å². The zero-order valence-electron chi connectivity index (χ0n) is 12.4. The molecule has 1 heterocycles. The highest BCUT2D eigenvalue weighted by atomic mass is 35.5. The summed E-state index contributed by atoms with van der Waals surface area (Å²) in [7, 11) is 0. The molecule has 126 valence electrons. The Balaban J connectivity index is 2.13. The van der Waals surface area contributed by atoms with Gasteiger partial charge in [0.2, 0.25) is 5.82 Å². The van der Waals surface area contributed by atoms with Gasteiger partial charge in [0, 0.05) is 11.6 Å². The van der Waals surface area contributed by atoms with E-state index in [0.717, 1.165) is 18.5 Å². The molecule has 6 nitrogen and oxygen atoms in total. The van der Waals surface area contributed by atoms with E-state index >= 15 is 0 Å². The van der Waals surface area contributed by atoms with Crippen LogP contribution in [-0.2, 0) is 0 Å². The van der Waals surface area contributed by atoms with E-state index in [1.54, 1.807) is 24.3 Å². The van der Waals surface area contributed by atoms with Gasteiger partial charge in [-0.2, -0.15) is 0 Å². The Morgan fingerprint density at radius 2 is 1.88 bits per heavy atom. The molecular formula is C16H9ClF2N4O2. The SMILES string of the molecule is O=[N+]([O-])c1c(Nc2ccc(F)cc2F)ncnc1-c1ccccc1Cl. The lowest BCUT2D eigenvalue weighted by atomic mass is 10.1. The van der Waals surface area contributed by atoms with Crippen molar-refractivity contribution in [3.8, 4) is 11.3 Å². The summed E-state index contributed by atoms with van der Waals surface area (Å²) in [5.74, 6) is -1.91. The van der Waals surface area contributed by atoms with Crippen LogP contribution in [0.3, 0.4) is 0 Å². The molecule has 0 saturated carbocycles. The molecule has 0 aliphatic heterocycles. The smallest absolute Gasteiger partial charge is 0.332 e. The largest absolute Gasteiger partial charge is 0.337 e. The second-order valence-corrected chi connectivity index (χ2v) is 5.31. The molecular weight excluding hydrogens is 354 g/mol. The van der Waals surface area contributed by atoms with Crippen molar-refractivity contribution in [1.82, 2.24) is 9.97 Å². The van der Waals surface area contributed by atoms with Crippen LogP contribution in [0.2, 0.25) is 5.02 Å². The molecule has 0 aliphatic rings. The van der Waals surface area contributed by atoms with Gasteiger partial charge in [-0.1, -0.05) is 29.8 Å². The van der Waals surface area contributed by atoms with Crippen LogP contribution in [0.15, 0.2) is 48.8 Å². The second kappa shape index (κ2) is 6.78. The molecule has 0 radical (unpaired) electrons. The average Bonchev–Trinajstić information content (AvgIpc) is 2.57. The summed E-state index contributed by atoms with van der Waals surface area (Å²) in [5.41, 5.74) is -0.316. The predicted octanol–water partition coefficient (Wildman–Crippen LogP) is 4.73. The van der Waals surface area contributed by atoms with Crippen LogP contribution in [-0.4, -0.2) is 14.9 Å². The van der Waals surface area contributed by atoms with E-state index in [1.807, 2.05) is 0 Å². The number of nitrogens with zero attached hydrogens (tertiary/aromatic N) is 3. The van der Waals surface area contributed by atoms with Gasteiger partial charge in [-0.25, -0.2) is 18.7 Å². The molecule has 1 aromatic heterocycles. The Morgan fingerprint density at radius 3 is 2.56 bits per heavy atom. The van der Waals surface area contributed by atoms with Crippen LogP contribution in [0.4, 0.5) is 26.0 Å². The molecule has 3 aromatic rings. The van der Waals surface area contributed by atoms with E-state index in [-0.39, 0.29) is 22.2 Å². The van der Waals surface area contributed by atoms with Gasteiger partial charge in [0.15, 0.2) is 5.69 Å². The van der Waals surface area contributed by atoms with Gasteiger partial charge in [0.1, 0.15) is 18.0 Å². The third-order valence-corrected chi connectivity index (χ3v) is 3.65. The quantitative estimate of drug-likeness (QED) is 0.536. The molecule has 0 amide bonds. The number of aromatic nitrogens is 2. The van der Waals surface area contributed by atoms with Crippen LogP contribution in [0.5, 0.6) is 0 Å². The summed E-state index contributed by atoms with van der Waals surface area (Å²) in [6.45, 7) is 0. The second-order valence-electron chi connectivity index (χ2n) is 4.91. The van der Waals surface area contributed by atoms with Crippen molar-refractivity contribution in [2.45, 2.75) is 0 Å². The topological polar surface area (TPSA) is 81.0 Å². The number of benzene rings is 2. The molecule has 0 saturated heterocycles. The molecule has 0 spiro atoms. The van der Waals surface area contributed by atoms with Crippen LogP contribution >= 0.6 is 11.6 Å². The van der Waals surface area contributed by atoms with E-state index < -0.39 is 22.2 Å². The Labute approximate surface area is 145 Å². The van der Waals surface area contributed by atoms with E-state index in [1.165, 1.54) is 0 Å². The predicted molar refractivity (Wildman–Crippen MR) is 88.8 cm³/mol. The number of rotatable bonds is 4. The molecule has 0 atom stereocenters. The van der Waals surface area contributed by atoms with Gasteiger partial charge < -0.3 is 5.32 Å². The van der Waals surface area contributed by atoms with Crippen molar-refractivity contribution in [1.29, 1.82) is 0 Å². The summed E-state index contributed by atoms with van der Waals surface area (Å²) in [5, 5.41) is 14.3. The lowest BCUT2D eigenvalue weighted by molar-refractivity contribution is -0.383. The van der Waals surface area contributed by atoms with Crippen LogP contribution in [0.25, 0.3) is 11.3 Å². The number of halogens is 3. The first kappa shape index (κ1) is 16.7. The highest BCUT2D eigenvalue weighted by molar-refractivity contribution is 6.33. The van der Waals surface area contributed by atoms with E-state index in [2.05, 4.69) is 15.3 Å². The molecule has 0 fully saturated rings. The van der Waals surface area contributed by atoms with Gasteiger partial charge in [-0.05, 0) is 18.2 Å². The molecule has 0 unspecified atom stereocenters. The van der Waals surface area contributed by atoms with E-state index in [0.29, 0.717) is 11.6 Å². The number of nitro groups is 1. The molecule has 9 heteroatoms. The van der Waals surface area contributed by atoms with Crippen molar-refractivity contribution < 1.29 is 13.7 Å². The lowest BCUT2D eigenvalue weighted by Crippen LogP contribution is -2.04. The van der Waals surface area contributed by atoms with Gasteiger partial charge >= 0.3 is 5.69 Å². The fourth-order valence-electron chi connectivity index (χ4n) is 2.21. The number of hydrogen-bond donors (Lipinski definition) is 1. The molecule has 2 aromatic carbocycles. The van der Waals surface area contributed by atoms with Gasteiger partial charge in [-0.15, -0.1) is 0 Å². The molecule has 0 aliphatic carbocycles. The van der Waals surface area contributed by atoms with Gasteiger partial charge in [-0.3, -0.25) is 10.1 Å². The summed E-state index contributed by atoms with van der Waals surface area (Å²) < 4.78 is 26.8. The Bertz CT molecular complexity index is 969. The number of anilines is 2. The maximum Gasteiger partial charge on any atom is 0.337 e. The minimum atomic E-state index is -0.910. The third kappa shape index (κ3) is 3.38. The Kier molecular flexibility index (Phi) is 4.53. The third-order valence-electron chi connectivity index (χ3n) is 3.32. The maximum atomic E-state index is 13.8. The summed E-state index contributed by atoms with van der Waals surface area (Å²) >= 11 is 6.09. The zero-order chi connectivity index (χ0) is 18.0. The summed E-state index contributed by atoms with van der Waals surface area (Å²) in [6, 6.07) is 9.25. The minimum Gasteiger partial charge on any atom is -0.332 e. The number of nitrogens with one attached hydrogen (secondary N) is 1. The van der Waals surface area contributed by atoms with E-state index in [4.69, 9.17) is 11.6 Å². The first-order valence-corrected chi connectivity index (χ1v) is 7.31. The standard InChI is InChI=1S/C16H9ClF2N4O2/c17-11-4-2-1-3-10(11)14-15(23(24)25)16(21-8-20-14)22-13-6-5-9(18)7-12(13)19/h1-8H,(H,20,21,22). The fourth-order valence-corrected chi connectivity index (χ4v) is 2.44. The molecule has 1 N–H and O–H groups in total. The Hall–Kier alpha value is -3.13. The maximum absolute atomic E-state index is 13.8. The number of hydrogen-bond acceptors (Lipinski definition) is 5. The molecule has 3 rings (SSSR count). The monoisotopic (exact) mass is 362 g/mol. The van der Waals surface area contributed by atoms with E-state index in [9.17, 15) is 18.9 Å². The van der Waals surface area contributed by atoms with Crippen molar-refractivity contribution in [2.75, 3.05) is 5.32 Å². The highest BCUT2D eigenvalue weighted by Crippen LogP contribution is 2.37. The normalized spacial score (nSPS) is 10.5. The summed E-state index contributed by atoms with van der Waals surface area (Å²) in [6.07, 6.45) is 1.09.